The summed E-state index contributed by atoms with van der Waals surface area (Å²) in [6.45, 7) is 7.51. The molecule has 0 spiro atoms. The number of aromatic nitrogens is 1. The number of aliphatic hydroxyl groups excluding tert-OH is 1. The molecule has 0 saturated carbocycles. The fourth-order valence-corrected chi connectivity index (χ4v) is 3.69. The van der Waals surface area contributed by atoms with Crippen molar-refractivity contribution in [2.45, 2.75) is 32.9 Å². The zero-order valence-electron chi connectivity index (χ0n) is 14.7. The van der Waals surface area contributed by atoms with Crippen molar-refractivity contribution in [1.82, 2.24) is 10.1 Å². The number of fused-ring (bicyclic) bond motifs is 1. The topological polar surface area (TPSA) is 68.0 Å². The molecule has 0 aliphatic carbocycles. The monoisotopic (exact) mass is 344 g/mol. The van der Waals surface area contributed by atoms with Crippen molar-refractivity contribution in [2.75, 3.05) is 26.3 Å². The molecule has 1 aromatic carbocycles. The van der Waals surface area contributed by atoms with E-state index >= 15 is 0 Å². The van der Waals surface area contributed by atoms with Crippen LogP contribution in [0.4, 0.5) is 0 Å². The summed E-state index contributed by atoms with van der Waals surface area (Å²) in [6, 6.07) is 6.06. The molecule has 3 heterocycles. The molecule has 0 bridgehead atoms. The molecule has 1 saturated heterocycles. The van der Waals surface area contributed by atoms with Gasteiger partial charge in [-0.2, -0.15) is 0 Å². The van der Waals surface area contributed by atoms with E-state index in [0.29, 0.717) is 19.8 Å². The highest BCUT2D eigenvalue weighted by Crippen LogP contribution is 2.34. The van der Waals surface area contributed by atoms with Gasteiger partial charge >= 0.3 is 0 Å². The molecule has 0 unspecified atom stereocenters. The van der Waals surface area contributed by atoms with Gasteiger partial charge in [-0.15, -0.1) is 0 Å². The summed E-state index contributed by atoms with van der Waals surface area (Å²) < 4.78 is 16.6. The molecule has 1 fully saturated rings. The Morgan fingerprint density at radius 1 is 1.12 bits per heavy atom. The number of rotatable bonds is 4. The smallest absolute Gasteiger partial charge is 0.161 e. The normalized spacial score (nSPS) is 23.2. The molecule has 2 aliphatic rings. The summed E-state index contributed by atoms with van der Waals surface area (Å²) in [5.41, 5.74) is 3.28. The SMILES string of the molecule is Cc1cc(C[C@@H]2CN(Cc3cc4c(cc3C)OCCO4)C[C@@H]2O)on1. The van der Waals surface area contributed by atoms with E-state index < -0.39 is 0 Å². The van der Waals surface area contributed by atoms with Crippen molar-refractivity contribution in [1.29, 1.82) is 0 Å². The second-order valence-corrected chi connectivity index (χ2v) is 7.08. The third-order valence-corrected chi connectivity index (χ3v) is 5.02. The van der Waals surface area contributed by atoms with E-state index in [-0.39, 0.29) is 12.0 Å². The van der Waals surface area contributed by atoms with Crippen LogP contribution in [0.15, 0.2) is 22.7 Å². The van der Waals surface area contributed by atoms with Crippen molar-refractivity contribution in [3.05, 3.63) is 40.8 Å². The highest BCUT2D eigenvalue weighted by molar-refractivity contribution is 5.47. The Bertz CT molecular complexity index is 758. The van der Waals surface area contributed by atoms with Crippen LogP contribution in [0, 0.1) is 19.8 Å². The number of nitrogens with zero attached hydrogens (tertiary/aromatic N) is 2. The molecular weight excluding hydrogens is 320 g/mol. The number of likely N-dealkylation sites (tertiary alicyclic amines) is 1. The molecule has 25 heavy (non-hydrogen) atoms. The van der Waals surface area contributed by atoms with Crippen molar-refractivity contribution in [3.63, 3.8) is 0 Å². The Morgan fingerprint density at radius 2 is 1.88 bits per heavy atom. The van der Waals surface area contributed by atoms with Crippen LogP contribution in [0.1, 0.15) is 22.6 Å². The van der Waals surface area contributed by atoms with Crippen LogP contribution in [0.25, 0.3) is 0 Å². The molecule has 2 atom stereocenters. The van der Waals surface area contributed by atoms with Gasteiger partial charge < -0.3 is 19.1 Å². The second-order valence-electron chi connectivity index (χ2n) is 7.08. The highest BCUT2D eigenvalue weighted by atomic mass is 16.6. The first-order valence-electron chi connectivity index (χ1n) is 8.80. The number of benzene rings is 1. The van der Waals surface area contributed by atoms with Gasteiger partial charge in [-0.05, 0) is 37.1 Å². The summed E-state index contributed by atoms with van der Waals surface area (Å²) in [4.78, 5) is 2.29. The fraction of sp³-hybridized carbons (Fsp3) is 0.526. The summed E-state index contributed by atoms with van der Waals surface area (Å²) in [6.07, 6.45) is 0.376. The van der Waals surface area contributed by atoms with Gasteiger partial charge in [0.2, 0.25) is 0 Å². The van der Waals surface area contributed by atoms with E-state index in [9.17, 15) is 5.11 Å². The maximum Gasteiger partial charge on any atom is 0.161 e. The molecule has 1 aromatic heterocycles. The second kappa shape index (κ2) is 6.69. The van der Waals surface area contributed by atoms with E-state index in [0.717, 1.165) is 42.5 Å². The number of hydrogen-bond acceptors (Lipinski definition) is 6. The minimum atomic E-state index is -0.345. The quantitative estimate of drug-likeness (QED) is 0.916. The first-order valence-corrected chi connectivity index (χ1v) is 8.80. The summed E-state index contributed by atoms with van der Waals surface area (Å²) >= 11 is 0. The number of aryl methyl sites for hydroxylation is 2. The lowest BCUT2D eigenvalue weighted by Gasteiger charge is -2.22. The van der Waals surface area contributed by atoms with Gasteiger partial charge in [0, 0.05) is 38.0 Å². The molecule has 4 rings (SSSR count). The number of aliphatic hydroxyl groups is 1. The first kappa shape index (κ1) is 16.4. The molecular formula is C19H24N2O4. The first-order chi connectivity index (χ1) is 12.1. The van der Waals surface area contributed by atoms with Gasteiger partial charge in [0.1, 0.15) is 19.0 Å². The van der Waals surface area contributed by atoms with E-state index in [4.69, 9.17) is 14.0 Å². The lowest BCUT2D eigenvalue weighted by molar-refractivity contribution is 0.137. The van der Waals surface area contributed by atoms with Gasteiger partial charge in [0.05, 0.1) is 11.8 Å². The van der Waals surface area contributed by atoms with Crippen molar-refractivity contribution < 1.29 is 19.1 Å². The van der Waals surface area contributed by atoms with Gasteiger partial charge in [-0.1, -0.05) is 5.16 Å². The minimum Gasteiger partial charge on any atom is -0.486 e. The summed E-state index contributed by atoms with van der Waals surface area (Å²) in [5.74, 6) is 2.66. The van der Waals surface area contributed by atoms with Gasteiger partial charge in [0.15, 0.2) is 11.5 Å². The van der Waals surface area contributed by atoms with E-state index in [1.165, 1.54) is 11.1 Å². The minimum absolute atomic E-state index is 0.171. The fourth-order valence-electron chi connectivity index (χ4n) is 3.69. The average molecular weight is 344 g/mol. The maximum atomic E-state index is 10.4. The predicted molar refractivity (Wildman–Crippen MR) is 91.9 cm³/mol. The van der Waals surface area contributed by atoms with Crippen LogP contribution in [-0.4, -0.2) is 47.6 Å². The van der Waals surface area contributed by atoms with Crippen LogP contribution in [0.2, 0.25) is 0 Å². The lowest BCUT2D eigenvalue weighted by Crippen LogP contribution is -2.22. The third-order valence-electron chi connectivity index (χ3n) is 5.02. The Balaban J connectivity index is 1.43. The maximum absolute atomic E-state index is 10.4. The van der Waals surface area contributed by atoms with Crippen LogP contribution in [0.5, 0.6) is 11.5 Å². The van der Waals surface area contributed by atoms with Gasteiger partial charge in [-0.3, -0.25) is 4.90 Å². The van der Waals surface area contributed by atoms with Crippen molar-refractivity contribution in [3.8, 4) is 11.5 Å². The largest absolute Gasteiger partial charge is 0.486 e. The molecule has 0 radical (unpaired) electrons. The number of β-amino-alcohol motifs (C(OH)–C–C–N with tert-alkyl or cyclic N) is 1. The van der Waals surface area contributed by atoms with Crippen LogP contribution < -0.4 is 9.47 Å². The van der Waals surface area contributed by atoms with Crippen molar-refractivity contribution >= 4 is 0 Å². The molecule has 2 aliphatic heterocycles. The Hall–Kier alpha value is -2.05. The molecule has 134 valence electrons. The zero-order chi connectivity index (χ0) is 17.4. The van der Waals surface area contributed by atoms with Crippen LogP contribution >= 0.6 is 0 Å². The Morgan fingerprint density at radius 3 is 2.60 bits per heavy atom. The van der Waals surface area contributed by atoms with E-state index in [1.807, 2.05) is 19.1 Å². The number of ether oxygens (including phenoxy) is 2. The third kappa shape index (κ3) is 3.50. The molecule has 6 nitrogen and oxygen atoms in total. The highest BCUT2D eigenvalue weighted by Gasteiger charge is 2.32. The van der Waals surface area contributed by atoms with Gasteiger partial charge in [0.25, 0.3) is 0 Å². The molecule has 6 heteroatoms. The molecule has 2 aromatic rings. The predicted octanol–water partition coefficient (Wildman–Crippen LogP) is 2.10. The molecule has 1 N–H and O–H groups in total. The zero-order valence-corrected chi connectivity index (χ0v) is 14.7. The van der Waals surface area contributed by atoms with Gasteiger partial charge in [-0.25, -0.2) is 0 Å². The standard InChI is InChI=1S/C19H24N2O4/c1-12-5-18-19(24-4-3-23-18)8-14(12)9-21-10-15(17(22)11-21)7-16-6-13(2)20-25-16/h5-6,8,15,17,22H,3-4,7,9-11H2,1-2H3/t15-,17+/m1/s1. The van der Waals surface area contributed by atoms with Crippen LogP contribution in [-0.2, 0) is 13.0 Å². The molecule has 0 amide bonds. The average Bonchev–Trinajstić information content (AvgIpc) is 3.14. The lowest BCUT2D eigenvalue weighted by atomic mass is 10.0. The van der Waals surface area contributed by atoms with Crippen molar-refractivity contribution in [2.24, 2.45) is 5.92 Å². The number of hydrogen-bond donors (Lipinski definition) is 1. The van der Waals surface area contributed by atoms with E-state index in [1.54, 1.807) is 0 Å². The Labute approximate surface area is 147 Å². The summed E-state index contributed by atoms with van der Waals surface area (Å²) in [7, 11) is 0. The van der Waals surface area contributed by atoms with Crippen LogP contribution in [0.3, 0.4) is 0 Å². The van der Waals surface area contributed by atoms with E-state index in [2.05, 4.69) is 23.0 Å². The Kier molecular flexibility index (Phi) is 4.39. The summed E-state index contributed by atoms with van der Waals surface area (Å²) in [5, 5.41) is 14.3.